The van der Waals surface area contributed by atoms with Gasteiger partial charge < -0.3 is 9.32 Å². The van der Waals surface area contributed by atoms with E-state index in [4.69, 9.17) is 4.42 Å². The Hall–Kier alpha value is -5.08. The van der Waals surface area contributed by atoms with Crippen molar-refractivity contribution in [1.29, 1.82) is 0 Å². The normalized spacial score (nSPS) is 15.4. The summed E-state index contributed by atoms with van der Waals surface area (Å²) < 4.78 is 7.16. The Morgan fingerprint density at radius 2 is 0.981 bits per heavy atom. The number of rotatable bonds is 3. The maximum absolute atomic E-state index is 7.16. The molecule has 0 N–H and O–H groups in total. The zero-order valence-corrected chi connectivity index (χ0v) is 32.3. The average molecular weight is 680 g/mol. The van der Waals surface area contributed by atoms with E-state index in [1.54, 1.807) is 0 Å². The van der Waals surface area contributed by atoms with Crippen LogP contribution in [0.1, 0.15) is 103 Å². The number of hydrogen-bond acceptors (Lipinski definition) is 2. The van der Waals surface area contributed by atoms with Crippen molar-refractivity contribution in [2.75, 3.05) is 4.90 Å². The highest BCUT2D eigenvalue weighted by Gasteiger charge is 2.38. The van der Waals surface area contributed by atoms with Crippen LogP contribution in [0, 0.1) is 0 Å². The lowest BCUT2D eigenvalue weighted by atomic mass is 9.79. The zero-order valence-electron chi connectivity index (χ0n) is 32.3. The molecule has 0 amide bonds. The third-order valence-electron chi connectivity index (χ3n) is 12.1. The van der Waals surface area contributed by atoms with Gasteiger partial charge in [0.15, 0.2) is 5.58 Å². The zero-order chi connectivity index (χ0) is 36.5. The van der Waals surface area contributed by atoms with Gasteiger partial charge in [-0.3, -0.25) is 0 Å². The van der Waals surface area contributed by atoms with Crippen LogP contribution in [0.2, 0.25) is 0 Å². The SMILES string of the molecule is CC(C)(C)c1cc(C(C)(C)C)c2oc3c(N(c4ccc5c(c4)C(C)(C)c4ccccc4-5)c4ccc5c(c4)C(C)(C)c4ccccc4-5)cccc3c2c1. The van der Waals surface area contributed by atoms with E-state index in [1.807, 2.05) is 0 Å². The van der Waals surface area contributed by atoms with Crippen LogP contribution in [0.5, 0.6) is 0 Å². The van der Waals surface area contributed by atoms with Gasteiger partial charge in [0.1, 0.15) is 5.58 Å². The van der Waals surface area contributed by atoms with Crippen molar-refractivity contribution in [2.45, 2.75) is 90.9 Å². The van der Waals surface area contributed by atoms with E-state index in [9.17, 15) is 0 Å². The number of para-hydroxylation sites is 1. The van der Waals surface area contributed by atoms with E-state index in [0.29, 0.717) is 0 Å². The monoisotopic (exact) mass is 679 g/mol. The van der Waals surface area contributed by atoms with Crippen LogP contribution in [-0.4, -0.2) is 0 Å². The molecule has 52 heavy (non-hydrogen) atoms. The molecule has 2 aliphatic rings. The highest BCUT2D eigenvalue weighted by molar-refractivity contribution is 6.11. The third-order valence-corrected chi connectivity index (χ3v) is 12.1. The van der Waals surface area contributed by atoms with Crippen molar-refractivity contribution < 1.29 is 4.42 Å². The van der Waals surface area contributed by atoms with E-state index in [-0.39, 0.29) is 21.7 Å². The summed E-state index contributed by atoms with van der Waals surface area (Å²) >= 11 is 0. The Morgan fingerprint density at radius 3 is 1.50 bits per heavy atom. The van der Waals surface area contributed by atoms with Gasteiger partial charge in [0.25, 0.3) is 0 Å². The number of furan rings is 1. The Balaban J connectivity index is 1.33. The summed E-state index contributed by atoms with van der Waals surface area (Å²) in [6, 6.07) is 43.4. The standard InChI is InChI=1S/C50H49NO/c1-47(2,3)30-26-38-37-18-15-21-44(46(37)52-45(38)43(27-30)48(4,5)6)51(31-22-24-35-33-16-11-13-19-39(33)49(7,8)41(35)28-31)32-23-25-36-34-17-12-14-20-40(34)50(9,10)42(36)29-32/h11-29H,1-10H3. The van der Waals surface area contributed by atoms with Gasteiger partial charge in [-0.15, -0.1) is 0 Å². The molecule has 1 heterocycles. The molecule has 7 aromatic rings. The minimum atomic E-state index is -0.120. The number of fused-ring (bicyclic) bond motifs is 9. The second-order valence-electron chi connectivity index (χ2n) is 18.3. The molecular weight excluding hydrogens is 631 g/mol. The van der Waals surface area contributed by atoms with Crippen LogP contribution in [-0.2, 0) is 21.7 Å². The van der Waals surface area contributed by atoms with Crippen molar-refractivity contribution in [2.24, 2.45) is 0 Å². The van der Waals surface area contributed by atoms with Gasteiger partial charge in [-0.05, 0) is 97.3 Å². The van der Waals surface area contributed by atoms with Crippen molar-refractivity contribution in [3.63, 3.8) is 0 Å². The van der Waals surface area contributed by atoms with Gasteiger partial charge in [-0.1, -0.05) is 148 Å². The van der Waals surface area contributed by atoms with Crippen molar-refractivity contribution >= 4 is 39.0 Å². The van der Waals surface area contributed by atoms with Gasteiger partial charge in [-0.2, -0.15) is 0 Å². The van der Waals surface area contributed by atoms with Crippen molar-refractivity contribution in [1.82, 2.24) is 0 Å². The molecule has 0 bridgehead atoms. The summed E-state index contributed by atoms with van der Waals surface area (Å²) in [7, 11) is 0. The first-order valence-electron chi connectivity index (χ1n) is 18.9. The molecule has 0 spiro atoms. The summed E-state index contributed by atoms with van der Waals surface area (Å²) in [5.41, 5.74) is 18.3. The van der Waals surface area contributed by atoms with Gasteiger partial charge in [0.05, 0.1) is 5.69 Å². The smallest absolute Gasteiger partial charge is 0.159 e. The number of anilines is 3. The molecule has 9 rings (SSSR count). The van der Waals surface area contributed by atoms with Gasteiger partial charge in [0, 0.05) is 38.5 Å². The minimum absolute atomic E-state index is 0.00498. The Labute approximate surface area is 309 Å². The topological polar surface area (TPSA) is 16.4 Å². The quantitative estimate of drug-likeness (QED) is 0.185. The number of nitrogens with zero attached hydrogens (tertiary/aromatic N) is 1. The molecule has 260 valence electrons. The van der Waals surface area contributed by atoms with Crippen LogP contribution in [0.25, 0.3) is 44.2 Å². The largest absolute Gasteiger partial charge is 0.454 e. The first-order valence-corrected chi connectivity index (χ1v) is 18.9. The lowest BCUT2D eigenvalue weighted by Gasteiger charge is -2.29. The van der Waals surface area contributed by atoms with E-state index >= 15 is 0 Å². The fourth-order valence-electron chi connectivity index (χ4n) is 9.14. The lowest BCUT2D eigenvalue weighted by Crippen LogP contribution is -2.18. The van der Waals surface area contributed by atoms with Crippen LogP contribution in [0.3, 0.4) is 0 Å². The number of benzene rings is 6. The van der Waals surface area contributed by atoms with Crippen LogP contribution >= 0.6 is 0 Å². The third kappa shape index (κ3) is 4.62. The Bertz CT molecular complexity index is 2490. The molecule has 0 unspecified atom stereocenters. The molecule has 0 atom stereocenters. The molecule has 0 aliphatic heterocycles. The first-order chi connectivity index (χ1) is 24.6. The van der Waals surface area contributed by atoms with E-state index in [0.717, 1.165) is 33.6 Å². The van der Waals surface area contributed by atoms with Crippen molar-refractivity contribution in [3.8, 4) is 22.3 Å². The Morgan fingerprint density at radius 1 is 0.462 bits per heavy atom. The molecule has 1 aromatic heterocycles. The molecule has 6 aromatic carbocycles. The predicted molar refractivity (Wildman–Crippen MR) is 221 cm³/mol. The van der Waals surface area contributed by atoms with E-state index < -0.39 is 0 Å². The maximum Gasteiger partial charge on any atom is 0.159 e. The first kappa shape index (κ1) is 32.8. The summed E-state index contributed by atoms with van der Waals surface area (Å²) in [5.74, 6) is 0. The predicted octanol–water partition coefficient (Wildman–Crippen LogP) is 14.3. The molecule has 2 aliphatic carbocycles. The fraction of sp³-hybridized carbons (Fsp3) is 0.280. The highest BCUT2D eigenvalue weighted by Crippen LogP contribution is 2.54. The van der Waals surface area contributed by atoms with Gasteiger partial charge in [-0.25, -0.2) is 0 Å². The fourth-order valence-corrected chi connectivity index (χ4v) is 9.14. The second kappa shape index (κ2) is 10.7. The number of hydrogen-bond donors (Lipinski definition) is 0. The molecule has 0 saturated heterocycles. The summed E-state index contributed by atoms with van der Waals surface area (Å²) in [6.45, 7) is 23.2. The molecule has 0 fully saturated rings. The van der Waals surface area contributed by atoms with Gasteiger partial charge >= 0.3 is 0 Å². The van der Waals surface area contributed by atoms with E-state index in [2.05, 4.69) is 189 Å². The van der Waals surface area contributed by atoms with Crippen LogP contribution in [0.4, 0.5) is 17.1 Å². The highest BCUT2D eigenvalue weighted by atomic mass is 16.3. The molecule has 0 saturated carbocycles. The van der Waals surface area contributed by atoms with Crippen LogP contribution in [0.15, 0.2) is 120 Å². The summed E-state index contributed by atoms with van der Waals surface area (Å²) in [6.07, 6.45) is 0. The minimum Gasteiger partial charge on any atom is -0.454 e. The second-order valence-corrected chi connectivity index (χ2v) is 18.3. The van der Waals surface area contributed by atoms with E-state index in [1.165, 1.54) is 61.0 Å². The maximum atomic E-state index is 7.16. The summed E-state index contributed by atoms with van der Waals surface area (Å²) in [5, 5.41) is 2.34. The molecule has 0 radical (unpaired) electrons. The van der Waals surface area contributed by atoms with Gasteiger partial charge in [0.2, 0.25) is 0 Å². The molecule has 2 nitrogen and oxygen atoms in total. The molecule has 2 heteroatoms. The lowest BCUT2D eigenvalue weighted by molar-refractivity contribution is 0.559. The average Bonchev–Trinajstić information content (AvgIpc) is 3.68. The Kier molecular flexibility index (Phi) is 6.77. The van der Waals surface area contributed by atoms with Crippen LogP contribution < -0.4 is 4.90 Å². The summed E-state index contributed by atoms with van der Waals surface area (Å²) in [4.78, 5) is 2.45. The molecular formula is C50H49NO. The van der Waals surface area contributed by atoms with Crippen molar-refractivity contribution in [3.05, 3.63) is 149 Å².